The highest BCUT2D eigenvalue weighted by atomic mass is 79.9. The van der Waals surface area contributed by atoms with E-state index in [2.05, 4.69) is 21.2 Å². The van der Waals surface area contributed by atoms with Gasteiger partial charge in [0.05, 0.1) is 11.8 Å². The lowest BCUT2D eigenvalue weighted by molar-refractivity contribution is 0.0935. The minimum absolute atomic E-state index is 0.0408. The molecule has 2 rings (SSSR count). The summed E-state index contributed by atoms with van der Waals surface area (Å²) in [7, 11) is 0. The Labute approximate surface area is 104 Å². The second kappa shape index (κ2) is 5.04. The van der Waals surface area contributed by atoms with Gasteiger partial charge in [-0.3, -0.25) is 4.79 Å². The van der Waals surface area contributed by atoms with E-state index < -0.39 is 0 Å². The standard InChI is InChI=1S/C12H16BrNO2/c13-8-12(4-1-2-5-12)9-14-11(15)10-3-6-16-7-10/h3,6-7H,1-2,4-5,8-9H2,(H,14,15). The van der Waals surface area contributed by atoms with Gasteiger partial charge in [-0.25, -0.2) is 0 Å². The van der Waals surface area contributed by atoms with Gasteiger partial charge in [-0.05, 0) is 24.3 Å². The largest absolute Gasteiger partial charge is 0.472 e. The molecule has 88 valence electrons. The minimum Gasteiger partial charge on any atom is -0.472 e. The predicted molar refractivity (Wildman–Crippen MR) is 65.7 cm³/mol. The molecule has 0 atom stereocenters. The Hall–Kier alpha value is -0.770. The molecule has 0 unspecified atom stereocenters. The molecule has 0 saturated heterocycles. The third-order valence-electron chi connectivity index (χ3n) is 3.35. The molecule has 0 spiro atoms. The van der Waals surface area contributed by atoms with Crippen molar-refractivity contribution < 1.29 is 9.21 Å². The van der Waals surface area contributed by atoms with E-state index in [1.165, 1.54) is 38.2 Å². The van der Waals surface area contributed by atoms with Gasteiger partial charge < -0.3 is 9.73 Å². The molecule has 1 amide bonds. The van der Waals surface area contributed by atoms with E-state index in [9.17, 15) is 4.79 Å². The molecule has 16 heavy (non-hydrogen) atoms. The molecule has 1 fully saturated rings. The molecular weight excluding hydrogens is 270 g/mol. The second-order valence-corrected chi connectivity index (χ2v) is 5.10. The summed E-state index contributed by atoms with van der Waals surface area (Å²) >= 11 is 3.56. The summed E-state index contributed by atoms with van der Waals surface area (Å²) in [6.07, 6.45) is 7.93. The zero-order valence-electron chi connectivity index (χ0n) is 9.17. The van der Waals surface area contributed by atoms with Crippen molar-refractivity contribution in [2.45, 2.75) is 25.7 Å². The highest BCUT2D eigenvalue weighted by Crippen LogP contribution is 2.38. The number of carbonyl (C=O) groups excluding carboxylic acids is 1. The molecule has 0 radical (unpaired) electrons. The Morgan fingerprint density at radius 2 is 2.25 bits per heavy atom. The lowest BCUT2D eigenvalue weighted by Gasteiger charge is -2.26. The van der Waals surface area contributed by atoms with Crippen LogP contribution in [0.25, 0.3) is 0 Å². The van der Waals surface area contributed by atoms with Crippen LogP contribution in [0.3, 0.4) is 0 Å². The van der Waals surface area contributed by atoms with Gasteiger partial charge in [0, 0.05) is 11.9 Å². The van der Waals surface area contributed by atoms with Crippen molar-refractivity contribution in [1.82, 2.24) is 5.32 Å². The maximum Gasteiger partial charge on any atom is 0.254 e. The second-order valence-electron chi connectivity index (χ2n) is 4.54. The average molecular weight is 286 g/mol. The van der Waals surface area contributed by atoms with E-state index in [1.807, 2.05) is 0 Å². The molecule has 1 aromatic heterocycles. The predicted octanol–water partition coefficient (Wildman–Crippen LogP) is 2.96. The van der Waals surface area contributed by atoms with E-state index in [-0.39, 0.29) is 11.3 Å². The fourth-order valence-electron chi connectivity index (χ4n) is 2.25. The molecule has 4 heteroatoms. The summed E-state index contributed by atoms with van der Waals surface area (Å²) in [6.45, 7) is 0.752. The van der Waals surface area contributed by atoms with Gasteiger partial charge in [0.15, 0.2) is 0 Å². The van der Waals surface area contributed by atoms with Crippen molar-refractivity contribution in [2.24, 2.45) is 5.41 Å². The number of rotatable bonds is 4. The third-order valence-corrected chi connectivity index (χ3v) is 4.54. The van der Waals surface area contributed by atoms with E-state index in [0.29, 0.717) is 5.56 Å². The van der Waals surface area contributed by atoms with Gasteiger partial charge in [0.1, 0.15) is 6.26 Å². The highest BCUT2D eigenvalue weighted by molar-refractivity contribution is 9.09. The number of carbonyl (C=O) groups is 1. The number of alkyl halides is 1. The van der Waals surface area contributed by atoms with Crippen molar-refractivity contribution >= 4 is 21.8 Å². The van der Waals surface area contributed by atoms with Gasteiger partial charge in [-0.1, -0.05) is 28.8 Å². The van der Waals surface area contributed by atoms with Gasteiger partial charge in [0.25, 0.3) is 5.91 Å². The smallest absolute Gasteiger partial charge is 0.254 e. The zero-order chi connectivity index (χ0) is 11.4. The molecule has 0 aliphatic heterocycles. The Morgan fingerprint density at radius 3 is 2.81 bits per heavy atom. The normalized spacial score (nSPS) is 18.6. The van der Waals surface area contributed by atoms with E-state index in [4.69, 9.17) is 4.42 Å². The Morgan fingerprint density at radius 1 is 1.50 bits per heavy atom. The highest BCUT2D eigenvalue weighted by Gasteiger charge is 2.33. The van der Waals surface area contributed by atoms with Crippen molar-refractivity contribution in [3.05, 3.63) is 24.2 Å². The van der Waals surface area contributed by atoms with Crippen molar-refractivity contribution in [3.63, 3.8) is 0 Å². The molecule has 3 nitrogen and oxygen atoms in total. The first-order chi connectivity index (χ1) is 7.76. The molecule has 1 aliphatic carbocycles. The summed E-state index contributed by atoms with van der Waals surface area (Å²) in [5, 5.41) is 3.95. The van der Waals surface area contributed by atoms with Crippen molar-refractivity contribution in [3.8, 4) is 0 Å². The number of nitrogens with one attached hydrogen (secondary N) is 1. The lowest BCUT2D eigenvalue weighted by atomic mass is 9.89. The maximum absolute atomic E-state index is 11.7. The first-order valence-electron chi connectivity index (χ1n) is 5.62. The molecule has 1 aliphatic rings. The monoisotopic (exact) mass is 285 g/mol. The molecule has 1 heterocycles. The first kappa shape index (κ1) is 11.7. The summed E-state index contributed by atoms with van der Waals surface area (Å²) in [4.78, 5) is 11.7. The van der Waals surface area contributed by atoms with Crippen LogP contribution in [-0.4, -0.2) is 17.8 Å². The first-order valence-corrected chi connectivity index (χ1v) is 6.74. The Balaban J connectivity index is 1.89. The van der Waals surface area contributed by atoms with Gasteiger partial charge >= 0.3 is 0 Å². The SMILES string of the molecule is O=C(NCC1(CBr)CCCC1)c1ccoc1. The summed E-state index contributed by atoms with van der Waals surface area (Å²) in [6, 6.07) is 1.69. The summed E-state index contributed by atoms with van der Waals surface area (Å²) in [5.41, 5.74) is 0.863. The maximum atomic E-state index is 11.7. The topological polar surface area (TPSA) is 42.2 Å². The quantitative estimate of drug-likeness (QED) is 0.865. The van der Waals surface area contributed by atoms with E-state index in [0.717, 1.165) is 11.9 Å². The number of halogens is 1. The van der Waals surface area contributed by atoms with Crippen LogP contribution in [0.15, 0.2) is 23.0 Å². The van der Waals surface area contributed by atoms with Crippen LogP contribution >= 0.6 is 15.9 Å². The molecule has 1 aromatic rings. The summed E-state index contributed by atoms with van der Waals surface area (Å²) < 4.78 is 4.89. The third kappa shape index (κ3) is 2.48. The zero-order valence-corrected chi connectivity index (χ0v) is 10.8. The number of hydrogen-bond donors (Lipinski definition) is 1. The number of furan rings is 1. The van der Waals surface area contributed by atoms with Crippen LogP contribution in [0.5, 0.6) is 0 Å². The average Bonchev–Trinajstić information content (AvgIpc) is 2.98. The van der Waals surface area contributed by atoms with Crippen LogP contribution in [0.2, 0.25) is 0 Å². The molecule has 1 N–H and O–H groups in total. The van der Waals surface area contributed by atoms with Crippen molar-refractivity contribution in [1.29, 1.82) is 0 Å². The minimum atomic E-state index is -0.0408. The number of amides is 1. The van der Waals surface area contributed by atoms with Crippen LogP contribution in [0, 0.1) is 5.41 Å². The van der Waals surface area contributed by atoms with E-state index >= 15 is 0 Å². The van der Waals surface area contributed by atoms with Crippen LogP contribution in [0.1, 0.15) is 36.0 Å². The van der Waals surface area contributed by atoms with Gasteiger partial charge in [-0.15, -0.1) is 0 Å². The molecule has 0 aromatic carbocycles. The fourth-order valence-corrected chi connectivity index (χ4v) is 3.01. The molecular formula is C12H16BrNO2. The lowest BCUT2D eigenvalue weighted by Crippen LogP contribution is -2.36. The van der Waals surface area contributed by atoms with Gasteiger partial charge in [0.2, 0.25) is 0 Å². The van der Waals surface area contributed by atoms with Crippen molar-refractivity contribution in [2.75, 3.05) is 11.9 Å². The molecule has 1 saturated carbocycles. The van der Waals surface area contributed by atoms with Crippen LogP contribution < -0.4 is 5.32 Å². The molecule has 0 bridgehead atoms. The fraction of sp³-hybridized carbons (Fsp3) is 0.583. The number of hydrogen-bond acceptors (Lipinski definition) is 2. The van der Waals surface area contributed by atoms with Gasteiger partial charge in [-0.2, -0.15) is 0 Å². The Kier molecular flexibility index (Phi) is 3.69. The summed E-state index contributed by atoms with van der Waals surface area (Å²) in [5.74, 6) is -0.0408. The van der Waals surface area contributed by atoms with E-state index in [1.54, 1.807) is 6.07 Å². The Bertz CT molecular complexity index is 342. The van der Waals surface area contributed by atoms with Crippen LogP contribution in [-0.2, 0) is 0 Å². The van der Waals surface area contributed by atoms with Crippen LogP contribution in [0.4, 0.5) is 0 Å².